The van der Waals surface area contributed by atoms with Crippen LogP contribution in [0.1, 0.15) is 17.5 Å². The number of aromatic nitrogens is 2. The van der Waals surface area contributed by atoms with Crippen LogP contribution in [0.2, 0.25) is 0 Å². The van der Waals surface area contributed by atoms with Crippen molar-refractivity contribution in [2.24, 2.45) is 0 Å². The highest BCUT2D eigenvalue weighted by atomic mass is 127. The molecule has 1 unspecified atom stereocenters. The summed E-state index contributed by atoms with van der Waals surface area (Å²) < 4.78 is 6.89. The Labute approximate surface area is 119 Å². The molecule has 0 aliphatic carbocycles. The van der Waals surface area contributed by atoms with Gasteiger partial charge in [0, 0.05) is 19.7 Å². The Kier molecular flexibility index (Phi) is 3.07. The fourth-order valence-electron chi connectivity index (χ4n) is 2.04. The van der Waals surface area contributed by atoms with Crippen molar-refractivity contribution < 1.29 is 4.74 Å². The summed E-state index contributed by atoms with van der Waals surface area (Å²) in [5.74, 6) is 2.52. The maximum atomic E-state index is 5.88. The van der Waals surface area contributed by atoms with Gasteiger partial charge in [0.15, 0.2) is 11.9 Å². The van der Waals surface area contributed by atoms with E-state index in [1.165, 1.54) is 5.56 Å². The first-order chi connectivity index (χ1) is 8.78. The number of halogens is 1. The largest absolute Gasteiger partial charge is 0.482 e. The smallest absolute Gasteiger partial charge is 0.171 e. The van der Waals surface area contributed by atoms with Crippen molar-refractivity contribution in [3.63, 3.8) is 0 Å². The zero-order chi connectivity index (χ0) is 12.5. The summed E-state index contributed by atoms with van der Waals surface area (Å²) in [6.07, 6.45) is 2.58. The molecule has 3 rings (SSSR count). The molecule has 0 spiro atoms. The summed E-state index contributed by atoms with van der Waals surface area (Å²) in [6, 6.07) is 8.08. The molecular weight excluding hydrogens is 341 g/mol. The predicted molar refractivity (Wildman–Crippen MR) is 77.8 cm³/mol. The molecule has 1 aromatic carbocycles. The van der Waals surface area contributed by atoms with Crippen molar-refractivity contribution in [3.8, 4) is 5.75 Å². The molecule has 0 saturated heterocycles. The minimum absolute atomic E-state index is 0.0773. The molecule has 0 bridgehead atoms. The van der Waals surface area contributed by atoms with Crippen molar-refractivity contribution in [3.05, 3.63) is 45.4 Å². The van der Waals surface area contributed by atoms with E-state index in [1.807, 2.05) is 31.4 Å². The summed E-state index contributed by atoms with van der Waals surface area (Å²) >= 11 is 2.21. The van der Waals surface area contributed by atoms with Crippen LogP contribution in [-0.4, -0.2) is 17.0 Å². The molecule has 1 aliphatic rings. The summed E-state index contributed by atoms with van der Waals surface area (Å²) in [4.78, 5) is 8.87. The van der Waals surface area contributed by atoms with Gasteiger partial charge in [0.2, 0.25) is 0 Å². The molecule has 1 aromatic heterocycles. The average molecular weight is 353 g/mol. The zero-order valence-electron chi connectivity index (χ0n) is 9.85. The molecule has 0 radical (unpaired) electrons. The van der Waals surface area contributed by atoms with E-state index < -0.39 is 0 Å². The molecule has 1 aliphatic heterocycles. The fraction of sp³-hybridized carbons (Fsp3) is 0.231. The van der Waals surface area contributed by atoms with Crippen molar-refractivity contribution in [2.45, 2.75) is 12.5 Å². The summed E-state index contributed by atoms with van der Waals surface area (Å²) in [7, 11) is 1.86. The van der Waals surface area contributed by atoms with Gasteiger partial charge in [0.1, 0.15) is 11.6 Å². The Hall–Kier alpha value is -1.37. The molecule has 1 atom stereocenters. The lowest BCUT2D eigenvalue weighted by Gasteiger charge is -2.11. The third-order valence-electron chi connectivity index (χ3n) is 2.93. The van der Waals surface area contributed by atoms with Gasteiger partial charge < -0.3 is 10.1 Å². The van der Waals surface area contributed by atoms with Crippen molar-refractivity contribution in [2.75, 3.05) is 12.4 Å². The molecule has 0 saturated carbocycles. The summed E-state index contributed by atoms with van der Waals surface area (Å²) in [5, 5.41) is 3.07. The quantitative estimate of drug-likeness (QED) is 0.844. The van der Waals surface area contributed by atoms with Gasteiger partial charge in [-0.15, -0.1) is 0 Å². The third kappa shape index (κ3) is 2.03. The number of benzene rings is 1. The van der Waals surface area contributed by atoms with Crippen molar-refractivity contribution in [1.29, 1.82) is 0 Å². The lowest BCUT2D eigenvalue weighted by atomic mass is 10.1. The van der Waals surface area contributed by atoms with Crippen LogP contribution in [0.3, 0.4) is 0 Å². The number of hydrogen-bond donors (Lipinski definition) is 1. The van der Waals surface area contributed by atoms with Gasteiger partial charge in [0.25, 0.3) is 0 Å². The number of nitrogens with one attached hydrogen (secondary N) is 1. The first kappa shape index (κ1) is 11.7. The standard InChI is InChI=1S/C13H12IN3O/c1-15-12-9(14)7-16-13(17-12)11-6-8-4-2-3-5-10(8)18-11/h2-5,7,11H,6H2,1H3,(H,15,16,17). The van der Waals surface area contributed by atoms with E-state index >= 15 is 0 Å². The highest BCUT2D eigenvalue weighted by Gasteiger charge is 2.26. The van der Waals surface area contributed by atoms with E-state index in [1.54, 1.807) is 0 Å². The van der Waals surface area contributed by atoms with Crippen LogP contribution in [-0.2, 0) is 6.42 Å². The fourth-order valence-corrected chi connectivity index (χ4v) is 2.57. The highest BCUT2D eigenvalue weighted by molar-refractivity contribution is 14.1. The van der Waals surface area contributed by atoms with E-state index in [4.69, 9.17) is 4.74 Å². The van der Waals surface area contributed by atoms with Crippen LogP contribution in [0, 0.1) is 3.57 Å². The zero-order valence-corrected chi connectivity index (χ0v) is 12.0. The number of ether oxygens (including phenoxy) is 1. The minimum Gasteiger partial charge on any atom is -0.482 e. The number of anilines is 1. The average Bonchev–Trinajstić information content (AvgIpc) is 2.83. The first-order valence-electron chi connectivity index (χ1n) is 5.72. The third-order valence-corrected chi connectivity index (χ3v) is 3.72. The van der Waals surface area contributed by atoms with Gasteiger partial charge in [-0.2, -0.15) is 0 Å². The van der Waals surface area contributed by atoms with Crippen LogP contribution in [0.5, 0.6) is 5.75 Å². The van der Waals surface area contributed by atoms with Crippen molar-refractivity contribution >= 4 is 28.4 Å². The summed E-state index contributed by atoms with van der Waals surface area (Å²) in [5.41, 5.74) is 1.22. The van der Waals surface area contributed by atoms with Gasteiger partial charge >= 0.3 is 0 Å². The maximum absolute atomic E-state index is 5.88. The number of para-hydroxylation sites is 1. The van der Waals surface area contributed by atoms with Gasteiger partial charge in [-0.1, -0.05) is 18.2 Å². The monoisotopic (exact) mass is 353 g/mol. The van der Waals surface area contributed by atoms with Crippen molar-refractivity contribution in [1.82, 2.24) is 9.97 Å². The lowest BCUT2D eigenvalue weighted by Crippen LogP contribution is -2.10. The van der Waals surface area contributed by atoms with E-state index in [0.29, 0.717) is 0 Å². The molecule has 18 heavy (non-hydrogen) atoms. The SMILES string of the molecule is CNc1nc(C2Cc3ccccc3O2)ncc1I. The van der Waals surface area contributed by atoms with Gasteiger partial charge in [-0.25, -0.2) is 9.97 Å². The molecule has 92 valence electrons. The molecular formula is C13H12IN3O. The molecule has 5 heteroatoms. The van der Waals surface area contributed by atoms with E-state index in [2.05, 4.69) is 43.9 Å². The Morgan fingerprint density at radius 2 is 2.22 bits per heavy atom. The Balaban J connectivity index is 1.90. The van der Waals surface area contributed by atoms with Crippen LogP contribution in [0.15, 0.2) is 30.5 Å². The van der Waals surface area contributed by atoms with Crippen LogP contribution >= 0.6 is 22.6 Å². The van der Waals surface area contributed by atoms with Gasteiger partial charge in [-0.05, 0) is 34.2 Å². The number of hydrogen-bond acceptors (Lipinski definition) is 4. The van der Waals surface area contributed by atoms with Crippen LogP contribution in [0.25, 0.3) is 0 Å². The number of rotatable bonds is 2. The van der Waals surface area contributed by atoms with Gasteiger partial charge in [-0.3, -0.25) is 0 Å². The second kappa shape index (κ2) is 4.72. The number of fused-ring (bicyclic) bond motifs is 1. The molecule has 2 heterocycles. The topological polar surface area (TPSA) is 47.0 Å². The second-order valence-corrected chi connectivity index (χ2v) is 5.26. The molecule has 2 aromatic rings. The molecule has 0 amide bonds. The number of nitrogens with zero attached hydrogens (tertiary/aromatic N) is 2. The Morgan fingerprint density at radius 1 is 1.39 bits per heavy atom. The summed E-state index contributed by atoms with van der Waals surface area (Å²) in [6.45, 7) is 0. The minimum atomic E-state index is -0.0773. The van der Waals surface area contributed by atoms with Crippen LogP contribution in [0.4, 0.5) is 5.82 Å². The normalized spacial score (nSPS) is 17.1. The maximum Gasteiger partial charge on any atom is 0.171 e. The molecule has 0 fully saturated rings. The Morgan fingerprint density at radius 3 is 3.00 bits per heavy atom. The van der Waals surface area contributed by atoms with Gasteiger partial charge in [0.05, 0.1) is 3.57 Å². The van der Waals surface area contributed by atoms with E-state index in [-0.39, 0.29) is 6.10 Å². The van der Waals surface area contributed by atoms with E-state index in [9.17, 15) is 0 Å². The van der Waals surface area contributed by atoms with E-state index in [0.717, 1.165) is 27.4 Å². The van der Waals surface area contributed by atoms with Crippen LogP contribution < -0.4 is 10.1 Å². The second-order valence-electron chi connectivity index (χ2n) is 4.09. The highest BCUT2D eigenvalue weighted by Crippen LogP contribution is 2.35. The first-order valence-corrected chi connectivity index (χ1v) is 6.80. The predicted octanol–water partition coefficient (Wildman–Crippen LogP) is 2.80. The Bertz CT molecular complexity index is 563. The lowest BCUT2D eigenvalue weighted by molar-refractivity contribution is 0.227. The molecule has 4 nitrogen and oxygen atoms in total. The molecule has 1 N–H and O–H groups in total.